The van der Waals surface area contributed by atoms with E-state index in [9.17, 15) is 9.59 Å². The predicted octanol–water partition coefficient (Wildman–Crippen LogP) is -1.04. The van der Waals surface area contributed by atoms with Crippen molar-refractivity contribution in [1.29, 1.82) is 0 Å². The largest absolute Gasteiger partial charge is 0.479 e. The summed E-state index contributed by atoms with van der Waals surface area (Å²) in [5.41, 5.74) is 0. The molecule has 134 valence electrons. The molecule has 0 aromatic carbocycles. The molecule has 0 saturated carbocycles. The smallest absolute Gasteiger partial charge is 0.335 e. The van der Waals surface area contributed by atoms with Crippen LogP contribution in [0.15, 0.2) is 0 Å². The van der Waals surface area contributed by atoms with Crippen LogP contribution in [0.5, 0.6) is 0 Å². The molecule has 0 amide bonds. The standard InChI is InChI=1S/C9H18Cl2N2.C4H6O6/c10-1-3-12-5-7-13(9-12,4-2-11)8-6-12;5-1(3(7)8)2(6)4(9)10/h1-9H2;1-2,5-6H,(H,7,8)(H,9,10)/q+2;. The fourth-order valence-electron chi connectivity index (χ4n) is 3.21. The number of aliphatic carboxylic acids is 2. The zero-order chi connectivity index (χ0) is 17.7. The Morgan fingerprint density at radius 3 is 1.35 bits per heavy atom. The highest BCUT2D eigenvalue weighted by Gasteiger charge is 2.54. The Labute approximate surface area is 144 Å². The third-order valence-electron chi connectivity index (χ3n) is 4.62. The van der Waals surface area contributed by atoms with E-state index in [2.05, 4.69) is 0 Å². The van der Waals surface area contributed by atoms with Gasteiger partial charge in [-0.05, 0) is 0 Å². The van der Waals surface area contributed by atoms with Gasteiger partial charge in [-0.3, -0.25) is 8.97 Å². The maximum atomic E-state index is 9.77. The van der Waals surface area contributed by atoms with E-state index in [1.807, 2.05) is 0 Å². The van der Waals surface area contributed by atoms with Gasteiger partial charge in [0.2, 0.25) is 6.67 Å². The molecule has 2 aliphatic heterocycles. The summed E-state index contributed by atoms with van der Waals surface area (Å²) < 4.78 is 2.53. The van der Waals surface area contributed by atoms with E-state index in [4.69, 9.17) is 43.6 Å². The summed E-state index contributed by atoms with van der Waals surface area (Å²) >= 11 is 11.7. The van der Waals surface area contributed by atoms with Crippen molar-refractivity contribution in [3.8, 4) is 0 Å². The average molecular weight is 375 g/mol. The Morgan fingerprint density at radius 2 is 1.13 bits per heavy atom. The van der Waals surface area contributed by atoms with E-state index >= 15 is 0 Å². The van der Waals surface area contributed by atoms with Crippen LogP contribution in [0.4, 0.5) is 0 Å². The van der Waals surface area contributed by atoms with Crippen molar-refractivity contribution < 1.29 is 39.0 Å². The average Bonchev–Trinajstić information content (AvgIpc) is 3.02. The second kappa shape index (κ2) is 8.46. The number of nitrogens with zero attached hydrogens (tertiary/aromatic N) is 2. The molecule has 2 saturated heterocycles. The van der Waals surface area contributed by atoms with Gasteiger partial charge in [-0.2, -0.15) is 0 Å². The number of hydrogen-bond donors (Lipinski definition) is 4. The molecular weight excluding hydrogens is 351 g/mol. The summed E-state index contributed by atoms with van der Waals surface area (Å²) in [6, 6.07) is 0. The van der Waals surface area contributed by atoms with Crippen LogP contribution in [0.1, 0.15) is 0 Å². The molecule has 0 radical (unpaired) electrons. The van der Waals surface area contributed by atoms with Crippen molar-refractivity contribution in [1.82, 2.24) is 0 Å². The molecule has 2 fully saturated rings. The summed E-state index contributed by atoms with van der Waals surface area (Å²) in [6.07, 6.45) is -4.53. The third-order valence-corrected chi connectivity index (χ3v) is 4.96. The lowest BCUT2D eigenvalue weighted by atomic mass is 10.2. The lowest BCUT2D eigenvalue weighted by Crippen LogP contribution is -2.48. The topological polar surface area (TPSA) is 115 Å². The van der Waals surface area contributed by atoms with Gasteiger partial charge in [0.25, 0.3) is 0 Å². The molecule has 2 bridgehead atoms. The van der Waals surface area contributed by atoms with Crippen LogP contribution >= 0.6 is 23.2 Å². The minimum Gasteiger partial charge on any atom is -0.479 e. The number of rotatable bonds is 7. The first-order chi connectivity index (χ1) is 10.7. The molecule has 0 aromatic heterocycles. The number of hydrogen-bond acceptors (Lipinski definition) is 4. The lowest BCUT2D eigenvalue weighted by Gasteiger charge is -2.26. The van der Waals surface area contributed by atoms with Gasteiger partial charge in [0, 0.05) is 0 Å². The molecular formula is C13H24Cl2N2O6+2. The number of halogens is 2. The maximum absolute atomic E-state index is 9.77. The number of quaternary nitrogens is 2. The quantitative estimate of drug-likeness (QED) is 0.334. The number of piperazine rings is 1. The Morgan fingerprint density at radius 1 is 0.826 bits per heavy atom. The molecule has 8 nitrogen and oxygen atoms in total. The number of aliphatic hydroxyl groups is 2. The highest BCUT2D eigenvalue weighted by Crippen LogP contribution is 2.31. The van der Waals surface area contributed by atoms with E-state index in [0.29, 0.717) is 0 Å². The van der Waals surface area contributed by atoms with Gasteiger partial charge in [0.05, 0.1) is 24.8 Å². The molecule has 0 aliphatic carbocycles. The van der Waals surface area contributed by atoms with Crippen LogP contribution in [0.2, 0.25) is 0 Å². The van der Waals surface area contributed by atoms with Gasteiger partial charge >= 0.3 is 11.9 Å². The van der Waals surface area contributed by atoms with Crippen molar-refractivity contribution in [3.63, 3.8) is 0 Å². The molecule has 0 spiro atoms. The summed E-state index contributed by atoms with van der Waals surface area (Å²) in [7, 11) is 0. The first kappa shape index (κ1) is 20.4. The first-order valence-corrected chi connectivity index (χ1v) is 8.42. The van der Waals surface area contributed by atoms with Gasteiger partial charge in [0.15, 0.2) is 12.2 Å². The minimum atomic E-state index is -2.27. The normalized spacial score (nSPS) is 31.1. The summed E-state index contributed by atoms with van der Waals surface area (Å²) in [6.45, 7) is 8.90. The number of carboxylic acid groups (broad SMARTS) is 2. The van der Waals surface area contributed by atoms with Crippen molar-refractivity contribution >= 4 is 35.1 Å². The molecule has 2 unspecified atom stereocenters. The van der Waals surface area contributed by atoms with Crippen LogP contribution < -0.4 is 0 Å². The molecule has 4 N–H and O–H groups in total. The zero-order valence-corrected chi connectivity index (χ0v) is 14.3. The van der Waals surface area contributed by atoms with Gasteiger partial charge in [-0.15, -0.1) is 23.2 Å². The van der Waals surface area contributed by atoms with Crippen molar-refractivity contribution in [3.05, 3.63) is 0 Å². The van der Waals surface area contributed by atoms with Crippen LogP contribution in [-0.2, 0) is 9.59 Å². The molecule has 2 atom stereocenters. The molecule has 2 rings (SSSR count). The Bertz CT molecular complexity index is 391. The highest BCUT2D eigenvalue weighted by molar-refractivity contribution is 6.18. The van der Waals surface area contributed by atoms with Crippen LogP contribution in [-0.4, -0.2) is 111 Å². The number of aliphatic hydroxyl groups excluding tert-OH is 2. The molecule has 2 aliphatic rings. The Hall–Kier alpha value is -0.640. The number of carbonyl (C=O) groups is 2. The number of alkyl halides is 2. The first-order valence-electron chi connectivity index (χ1n) is 7.35. The molecule has 0 aromatic rings. The fraction of sp³-hybridized carbons (Fsp3) is 0.846. The molecule has 10 heteroatoms. The van der Waals surface area contributed by atoms with E-state index in [-0.39, 0.29) is 0 Å². The second-order valence-electron chi connectivity index (χ2n) is 6.11. The van der Waals surface area contributed by atoms with Gasteiger partial charge in [-0.1, -0.05) is 0 Å². The van der Waals surface area contributed by atoms with E-state index < -0.39 is 24.1 Å². The minimum absolute atomic E-state index is 0.806. The van der Waals surface area contributed by atoms with Crippen LogP contribution in [0.25, 0.3) is 0 Å². The van der Waals surface area contributed by atoms with Crippen molar-refractivity contribution in [2.45, 2.75) is 12.2 Å². The van der Waals surface area contributed by atoms with E-state index in [1.165, 1.54) is 41.8 Å². The van der Waals surface area contributed by atoms with Crippen molar-refractivity contribution in [2.24, 2.45) is 0 Å². The fourth-order valence-corrected chi connectivity index (χ4v) is 3.93. The summed E-state index contributed by atoms with van der Waals surface area (Å²) in [4.78, 5) is 19.5. The van der Waals surface area contributed by atoms with E-state index in [0.717, 1.165) is 24.8 Å². The van der Waals surface area contributed by atoms with Gasteiger partial charge in [-0.25, -0.2) is 9.59 Å². The Balaban J connectivity index is 0.000000241. The molecule has 2 heterocycles. The summed E-state index contributed by atoms with van der Waals surface area (Å²) in [5.74, 6) is -1.92. The highest BCUT2D eigenvalue weighted by atomic mass is 35.5. The van der Waals surface area contributed by atoms with Gasteiger partial charge < -0.3 is 20.4 Å². The number of fused-ring (bicyclic) bond motifs is 2. The SMILES string of the molecule is ClCC[N+]12CC[N+](CCCl)(CC1)C2.O=C(O)C(O)C(O)C(=O)O. The van der Waals surface area contributed by atoms with Crippen molar-refractivity contribution in [2.75, 3.05) is 57.7 Å². The van der Waals surface area contributed by atoms with Gasteiger partial charge in [0.1, 0.15) is 26.2 Å². The summed E-state index contributed by atoms with van der Waals surface area (Å²) in [5, 5.41) is 32.5. The Kier molecular flexibility index (Phi) is 7.50. The third kappa shape index (κ3) is 5.17. The maximum Gasteiger partial charge on any atom is 0.335 e. The number of carboxylic acids is 2. The monoisotopic (exact) mass is 374 g/mol. The predicted molar refractivity (Wildman–Crippen MR) is 83.3 cm³/mol. The van der Waals surface area contributed by atoms with Crippen LogP contribution in [0.3, 0.4) is 0 Å². The van der Waals surface area contributed by atoms with E-state index in [1.54, 1.807) is 0 Å². The second-order valence-corrected chi connectivity index (χ2v) is 6.87. The molecule has 23 heavy (non-hydrogen) atoms. The zero-order valence-electron chi connectivity index (χ0n) is 12.8. The van der Waals surface area contributed by atoms with Crippen LogP contribution in [0, 0.1) is 0 Å². The lowest BCUT2D eigenvalue weighted by molar-refractivity contribution is -0.985.